The topological polar surface area (TPSA) is 134 Å². The highest BCUT2D eigenvalue weighted by Gasteiger charge is 2.37. The van der Waals surface area contributed by atoms with Gasteiger partial charge in [-0.05, 0) is 23.8 Å². The summed E-state index contributed by atoms with van der Waals surface area (Å²) in [5.41, 5.74) is 10.2. The number of nitrogens with two attached hydrogens (primary N) is 1. The molecule has 10 heteroatoms. The third-order valence-electron chi connectivity index (χ3n) is 5.87. The monoisotopic (exact) mass is 462 g/mol. The third kappa shape index (κ3) is 3.34. The Kier molecular flexibility index (Phi) is 5.39. The maximum atomic E-state index is 10.0. The molecule has 2 aromatic carbocycles. The summed E-state index contributed by atoms with van der Waals surface area (Å²) in [5, 5.41) is 17.4. The Morgan fingerprint density at radius 1 is 1.12 bits per heavy atom. The van der Waals surface area contributed by atoms with Crippen LogP contribution in [0, 0.1) is 11.3 Å². The fourth-order valence-electron chi connectivity index (χ4n) is 4.29. The van der Waals surface area contributed by atoms with Crippen molar-refractivity contribution in [2.75, 3.05) is 28.1 Å². The number of hydrogen-bond donors (Lipinski definition) is 2. The van der Waals surface area contributed by atoms with E-state index >= 15 is 0 Å². The van der Waals surface area contributed by atoms with E-state index in [2.05, 4.69) is 16.3 Å². The number of rotatable bonds is 5. The van der Waals surface area contributed by atoms with Gasteiger partial charge < -0.3 is 34.2 Å². The molecule has 5 rings (SSSR count). The molecule has 1 aromatic heterocycles. The van der Waals surface area contributed by atoms with Crippen molar-refractivity contribution in [3.05, 3.63) is 58.5 Å². The van der Waals surface area contributed by atoms with Gasteiger partial charge in [0.25, 0.3) is 0 Å². The van der Waals surface area contributed by atoms with Gasteiger partial charge in [-0.15, -0.1) is 5.10 Å². The number of nitrogens with one attached hydrogen (secondary N) is 1. The number of aromatic nitrogens is 2. The lowest BCUT2D eigenvalue weighted by Crippen LogP contribution is -2.21. The Labute approximate surface area is 195 Å². The minimum Gasteiger partial charge on any atom is -0.493 e. The van der Waals surface area contributed by atoms with Crippen LogP contribution >= 0.6 is 0 Å². The predicted octanol–water partition coefficient (Wildman–Crippen LogP) is 3.19. The molecule has 3 N–H and O–H groups in total. The molecule has 10 nitrogen and oxygen atoms in total. The van der Waals surface area contributed by atoms with E-state index in [0.29, 0.717) is 40.7 Å². The SMILES string of the molecule is COc1cc(C2C(C#N)=C(N)Oc3n[nH]c(-c4ccc5c(c4)OCOC5)c32)cc(OC)c1OC. The number of fused-ring (bicyclic) bond motifs is 2. The highest BCUT2D eigenvalue weighted by Crippen LogP contribution is 2.49. The lowest BCUT2D eigenvalue weighted by molar-refractivity contribution is -0.0163. The molecule has 0 aliphatic carbocycles. The number of nitrogens with zero attached hydrogens (tertiary/aromatic N) is 2. The van der Waals surface area contributed by atoms with Crippen LogP contribution < -0.4 is 29.4 Å². The molecule has 2 aliphatic heterocycles. The van der Waals surface area contributed by atoms with Crippen LogP contribution in [0.25, 0.3) is 11.3 Å². The highest BCUT2D eigenvalue weighted by atomic mass is 16.7. The Hall–Kier alpha value is -4.36. The van der Waals surface area contributed by atoms with Crippen LogP contribution in [-0.2, 0) is 11.3 Å². The van der Waals surface area contributed by atoms with Crippen molar-refractivity contribution in [1.82, 2.24) is 10.2 Å². The summed E-state index contributed by atoms with van der Waals surface area (Å²) in [6, 6.07) is 11.6. The lowest BCUT2D eigenvalue weighted by atomic mass is 9.82. The predicted molar refractivity (Wildman–Crippen MR) is 120 cm³/mol. The zero-order valence-electron chi connectivity index (χ0n) is 18.8. The zero-order chi connectivity index (χ0) is 23.8. The van der Waals surface area contributed by atoms with Crippen LogP contribution in [-0.4, -0.2) is 38.3 Å². The van der Waals surface area contributed by atoms with Gasteiger partial charge >= 0.3 is 0 Å². The first-order valence-corrected chi connectivity index (χ1v) is 10.4. The van der Waals surface area contributed by atoms with Crippen LogP contribution in [0.1, 0.15) is 22.6 Å². The molecule has 0 saturated heterocycles. The second-order valence-corrected chi connectivity index (χ2v) is 7.63. The fourth-order valence-corrected chi connectivity index (χ4v) is 4.29. The van der Waals surface area contributed by atoms with Gasteiger partial charge in [-0.1, -0.05) is 12.1 Å². The van der Waals surface area contributed by atoms with E-state index in [0.717, 1.165) is 16.9 Å². The number of methoxy groups -OCH3 is 3. The molecule has 3 aromatic rings. The number of benzene rings is 2. The minimum absolute atomic E-state index is 0.0160. The summed E-state index contributed by atoms with van der Waals surface area (Å²) in [5.74, 6) is 1.74. The summed E-state index contributed by atoms with van der Waals surface area (Å²) in [6.45, 7) is 0.665. The van der Waals surface area contributed by atoms with Gasteiger partial charge in [-0.3, -0.25) is 5.10 Å². The van der Waals surface area contributed by atoms with Crippen molar-refractivity contribution in [3.63, 3.8) is 0 Å². The molecule has 0 saturated carbocycles. The fraction of sp³-hybridized carbons (Fsp3) is 0.250. The smallest absolute Gasteiger partial charge is 0.244 e. The molecular weight excluding hydrogens is 440 g/mol. The van der Waals surface area contributed by atoms with Crippen molar-refractivity contribution in [2.45, 2.75) is 12.5 Å². The first-order chi connectivity index (χ1) is 16.6. The first kappa shape index (κ1) is 21.5. The van der Waals surface area contributed by atoms with Crippen LogP contribution in [0.15, 0.2) is 41.8 Å². The molecule has 3 heterocycles. The van der Waals surface area contributed by atoms with Gasteiger partial charge in [0.1, 0.15) is 17.4 Å². The number of allylic oxidation sites excluding steroid dienone is 1. The molecule has 1 unspecified atom stereocenters. The summed E-state index contributed by atoms with van der Waals surface area (Å²) in [6.07, 6.45) is 0. The standard InChI is InChI=1S/C24H22N4O6/c1-29-17-7-14(8-18(30-2)22(17)31-3)19-15(9-25)23(26)34-24-20(19)21(27-28-24)12-4-5-13-10-32-11-33-16(13)6-12/h4-8,19H,10-11,26H2,1-3H3,(H,27,28). The van der Waals surface area contributed by atoms with Crippen molar-refractivity contribution in [1.29, 1.82) is 5.26 Å². The summed E-state index contributed by atoms with van der Waals surface area (Å²) in [4.78, 5) is 0. The van der Waals surface area contributed by atoms with Gasteiger partial charge in [0.05, 0.1) is 45.1 Å². The number of aromatic amines is 1. The van der Waals surface area contributed by atoms with Gasteiger partial charge in [-0.2, -0.15) is 5.26 Å². The molecular formula is C24H22N4O6. The van der Waals surface area contributed by atoms with E-state index in [1.165, 1.54) is 21.3 Å². The zero-order valence-corrected chi connectivity index (χ0v) is 18.8. The number of ether oxygens (including phenoxy) is 6. The van der Waals surface area contributed by atoms with Gasteiger partial charge in [0, 0.05) is 11.1 Å². The average Bonchev–Trinajstić information content (AvgIpc) is 3.29. The molecule has 174 valence electrons. The molecule has 34 heavy (non-hydrogen) atoms. The number of hydrogen-bond acceptors (Lipinski definition) is 9. The Morgan fingerprint density at radius 2 is 1.88 bits per heavy atom. The summed E-state index contributed by atoms with van der Waals surface area (Å²) < 4.78 is 33.2. The average molecular weight is 462 g/mol. The van der Waals surface area contributed by atoms with Crippen molar-refractivity contribution < 1.29 is 28.4 Å². The van der Waals surface area contributed by atoms with Crippen LogP contribution in [0.2, 0.25) is 0 Å². The molecule has 1 atom stereocenters. The summed E-state index contributed by atoms with van der Waals surface area (Å²) >= 11 is 0. The Bertz CT molecular complexity index is 1310. The lowest BCUT2D eigenvalue weighted by Gasteiger charge is -2.25. The molecule has 2 aliphatic rings. The van der Waals surface area contributed by atoms with Gasteiger partial charge in [0.2, 0.25) is 17.5 Å². The minimum atomic E-state index is -0.600. The van der Waals surface area contributed by atoms with Gasteiger partial charge in [0.15, 0.2) is 18.3 Å². The first-order valence-electron chi connectivity index (χ1n) is 10.4. The van der Waals surface area contributed by atoms with Crippen molar-refractivity contribution >= 4 is 0 Å². The Balaban J connectivity index is 1.71. The molecule has 0 bridgehead atoms. The molecule has 0 radical (unpaired) electrons. The largest absolute Gasteiger partial charge is 0.493 e. The third-order valence-corrected chi connectivity index (χ3v) is 5.87. The van der Waals surface area contributed by atoms with E-state index in [9.17, 15) is 5.26 Å². The second-order valence-electron chi connectivity index (χ2n) is 7.63. The molecule has 0 fully saturated rings. The van der Waals surface area contributed by atoms with Crippen LogP contribution in [0.3, 0.4) is 0 Å². The summed E-state index contributed by atoms with van der Waals surface area (Å²) in [7, 11) is 4.60. The van der Waals surface area contributed by atoms with Crippen molar-refractivity contribution in [2.24, 2.45) is 5.73 Å². The maximum absolute atomic E-state index is 10.0. The van der Waals surface area contributed by atoms with E-state index in [-0.39, 0.29) is 24.1 Å². The van der Waals surface area contributed by atoms with Crippen molar-refractivity contribution in [3.8, 4) is 46.2 Å². The molecule has 0 spiro atoms. The van der Waals surface area contributed by atoms with Crippen LogP contribution in [0.4, 0.5) is 0 Å². The van der Waals surface area contributed by atoms with Crippen LogP contribution in [0.5, 0.6) is 28.9 Å². The van der Waals surface area contributed by atoms with E-state index in [1.54, 1.807) is 12.1 Å². The number of H-pyrrole nitrogens is 1. The Morgan fingerprint density at radius 3 is 2.56 bits per heavy atom. The van der Waals surface area contributed by atoms with Gasteiger partial charge in [-0.25, -0.2) is 0 Å². The van der Waals surface area contributed by atoms with E-state index < -0.39 is 5.92 Å². The maximum Gasteiger partial charge on any atom is 0.244 e. The van der Waals surface area contributed by atoms with E-state index in [1.807, 2.05) is 18.2 Å². The normalized spacial score (nSPS) is 16.5. The second kappa shape index (κ2) is 8.53. The number of nitriles is 1. The highest BCUT2D eigenvalue weighted by molar-refractivity contribution is 5.73. The molecule has 0 amide bonds. The van der Waals surface area contributed by atoms with E-state index in [4.69, 9.17) is 34.2 Å². The quantitative estimate of drug-likeness (QED) is 0.586.